The number of anilines is 1. The second-order valence-corrected chi connectivity index (χ2v) is 6.94. The fourth-order valence-electron chi connectivity index (χ4n) is 3.43. The van der Waals surface area contributed by atoms with Crippen LogP contribution in [-0.2, 0) is 17.6 Å². The van der Waals surface area contributed by atoms with Gasteiger partial charge < -0.3 is 9.73 Å². The number of aromatic nitrogens is 4. The molecular formula is C24H23N5O2. The van der Waals surface area contributed by atoms with Crippen LogP contribution in [0.1, 0.15) is 30.7 Å². The van der Waals surface area contributed by atoms with Crippen LogP contribution in [0.25, 0.3) is 23.2 Å². The minimum absolute atomic E-state index is 0.256. The van der Waals surface area contributed by atoms with Crippen molar-refractivity contribution in [1.82, 2.24) is 20.2 Å². The molecule has 0 radical (unpaired) electrons. The number of hydrogen-bond acceptors (Lipinski definition) is 5. The molecule has 0 saturated heterocycles. The number of tetrazole rings is 1. The summed E-state index contributed by atoms with van der Waals surface area (Å²) in [5.41, 5.74) is 4.04. The highest BCUT2D eigenvalue weighted by Gasteiger charge is 2.21. The predicted molar refractivity (Wildman–Crippen MR) is 120 cm³/mol. The van der Waals surface area contributed by atoms with Crippen LogP contribution in [0.4, 0.5) is 5.69 Å². The van der Waals surface area contributed by atoms with E-state index in [4.69, 9.17) is 4.42 Å². The molecule has 2 heterocycles. The van der Waals surface area contributed by atoms with Crippen molar-refractivity contribution in [2.24, 2.45) is 0 Å². The maximum Gasteiger partial charge on any atom is 0.274 e. The first kappa shape index (κ1) is 20.3. The molecule has 0 unspecified atom stereocenters. The van der Waals surface area contributed by atoms with E-state index in [1.807, 2.05) is 48.5 Å². The van der Waals surface area contributed by atoms with Crippen LogP contribution < -0.4 is 5.32 Å². The summed E-state index contributed by atoms with van der Waals surface area (Å²) in [5, 5.41) is 15.2. The molecule has 2 aromatic heterocycles. The quantitative estimate of drug-likeness (QED) is 0.444. The molecule has 4 aromatic rings. The summed E-state index contributed by atoms with van der Waals surface area (Å²) in [6.45, 7) is 4.14. The van der Waals surface area contributed by atoms with E-state index >= 15 is 0 Å². The van der Waals surface area contributed by atoms with Gasteiger partial charge in [0.1, 0.15) is 11.5 Å². The van der Waals surface area contributed by atoms with Crippen LogP contribution in [0.2, 0.25) is 0 Å². The second kappa shape index (κ2) is 9.21. The van der Waals surface area contributed by atoms with Crippen LogP contribution >= 0.6 is 0 Å². The van der Waals surface area contributed by atoms with Gasteiger partial charge in [-0.25, -0.2) is 0 Å². The van der Waals surface area contributed by atoms with Crippen molar-refractivity contribution in [1.29, 1.82) is 0 Å². The molecule has 0 atom stereocenters. The third kappa shape index (κ3) is 4.30. The summed E-state index contributed by atoms with van der Waals surface area (Å²) in [7, 11) is 0. The zero-order valence-electron chi connectivity index (χ0n) is 17.4. The molecule has 2 aromatic carbocycles. The monoisotopic (exact) mass is 413 g/mol. The van der Waals surface area contributed by atoms with E-state index < -0.39 is 0 Å². The van der Waals surface area contributed by atoms with Gasteiger partial charge in [0.05, 0.1) is 6.26 Å². The van der Waals surface area contributed by atoms with Crippen molar-refractivity contribution in [2.75, 3.05) is 5.32 Å². The van der Waals surface area contributed by atoms with Gasteiger partial charge in [-0.2, -0.15) is 4.68 Å². The highest BCUT2D eigenvalue weighted by Crippen LogP contribution is 2.26. The number of carbonyl (C=O) groups excluding carboxylic acids is 1. The van der Waals surface area contributed by atoms with Crippen molar-refractivity contribution in [2.45, 2.75) is 26.7 Å². The van der Waals surface area contributed by atoms with Gasteiger partial charge in [0, 0.05) is 17.3 Å². The van der Waals surface area contributed by atoms with Gasteiger partial charge in [-0.1, -0.05) is 62.4 Å². The first-order chi connectivity index (χ1) is 15.2. The molecule has 0 aliphatic rings. The Morgan fingerprint density at radius 2 is 1.74 bits per heavy atom. The molecule has 7 heteroatoms. The number of para-hydroxylation sites is 1. The summed E-state index contributed by atoms with van der Waals surface area (Å²) in [5.74, 6) is 0.670. The number of benzene rings is 2. The van der Waals surface area contributed by atoms with Gasteiger partial charge in [-0.05, 0) is 46.5 Å². The molecule has 156 valence electrons. The van der Waals surface area contributed by atoms with E-state index in [9.17, 15) is 4.79 Å². The van der Waals surface area contributed by atoms with E-state index in [1.165, 1.54) is 4.68 Å². The summed E-state index contributed by atoms with van der Waals surface area (Å²) >= 11 is 0. The SMILES string of the molecule is CCc1cccc(CC)c1NC(=O)C(=Cc1ccco1)n1nnnc1-c1ccccc1. The first-order valence-corrected chi connectivity index (χ1v) is 10.2. The van der Waals surface area contributed by atoms with Crippen molar-refractivity contribution < 1.29 is 9.21 Å². The van der Waals surface area contributed by atoms with Gasteiger partial charge in [0.2, 0.25) is 0 Å². The van der Waals surface area contributed by atoms with Crippen LogP contribution in [-0.4, -0.2) is 26.1 Å². The molecule has 1 N–H and O–H groups in total. The smallest absolute Gasteiger partial charge is 0.274 e. The molecule has 31 heavy (non-hydrogen) atoms. The van der Waals surface area contributed by atoms with Crippen LogP contribution in [0.15, 0.2) is 71.3 Å². The van der Waals surface area contributed by atoms with Crippen molar-refractivity contribution >= 4 is 23.4 Å². The summed E-state index contributed by atoms with van der Waals surface area (Å²) in [6, 6.07) is 19.1. The number of carbonyl (C=O) groups is 1. The van der Waals surface area contributed by atoms with Crippen LogP contribution in [0, 0.1) is 0 Å². The highest BCUT2D eigenvalue weighted by atomic mass is 16.3. The Labute approximate surface area is 180 Å². The van der Waals surface area contributed by atoms with Gasteiger partial charge in [0.15, 0.2) is 5.82 Å². The number of hydrogen-bond donors (Lipinski definition) is 1. The minimum atomic E-state index is -0.323. The Kier molecular flexibility index (Phi) is 6.03. The summed E-state index contributed by atoms with van der Waals surface area (Å²) in [6.07, 6.45) is 4.81. The molecule has 0 aliphatic carbocycles. The van der Waals surface area contributed by atoms with E-state index in [2.05, 4.69) is 34.7 Å². The molecule has 7 nitrogen and oxygen atoms in total. The number of rotatable bonds is 7. The average Bonchev–Trinajstić information content (AvgIpc) is 3.50. The fraction of sp³-hybridized carbons (Fsp3) is 0.167. The van der Waals surface area contributed by atoms with Gasteiger partial charge >= 0.3 is 0 Å². The summed E-state index contributed by atoms with van der Waals surface area (Å²) in [4.78, 5) is 13.5. The van der Waals surface area contributed by atoms with Crippen LogP contribution in [0.3, 0.4) is 0 Å². The van der Waals surface area contributed by atoms with E-state index in [0.717, 1.165) is 35.2 Å². The Morgan fingerprint density at radius 1 is 1.00 bits per heavy atom. The lowest BCUT2D eigenvalue weighted by Gasteiger charge is -2.16. The normalized spacial score (nSPS) is 11.5. The van der Waals surface area contributed by atoms with Gasteiger partial charge in [-0.15, -0.1) is 5.10 Å². The molecule has 0 fully saturated rings. The topological polar surface area (TPSA) is 85.8 Å². The lowest BCUT2D eigenvalue weighted by Crippen LogP contribution is -2.21. The number of nitrogens with one attached hydrogen (secondary N) is 1. The third-order valence-electron chi connectivity index (χ3n) is 5.02. The average molecular weight is 413 g/mol. The molecule has 0 saturated carbocycles. The number of nitrogens with zero attached hydrogens (tertiary/aromatic N) is 4. The Bertz CT molecular complexity index is 1170. The lowest BCUT2D eigenvalue weighted by molar-refractivity contribution is -0.111. The lowest BCUT2D eigenvalue weighted by atomic mass is 10.0. The Balaban J connectivity index is 1.79. The molecule has 0 bridgehead atoms. The first-order valence-electron chi connectivity index (χ1n) is 10.2. The Hall–Kier alpha value is -4.00. The number of amides is 1. The van der Waals surface area contributed by atoms with Gasteiger partial charge in [-0.3, -0.25) is 4.79 Å². The highest BCUT2D eigenvalue weighted by molar-refractivity contribution is 6.24. The number of aryl methyl sites for hydroxylation is 2. The molecular weight excluding hydrogens is 390 g/mol. The second-order valence-electron chi connectivity index (χ2n) is 6.94. The van der Waals surface area contributed by atoms with Crippen molar-refractivity contribution in [3.05, 3.63) is 83.8 Å². The standard InChI is InChI=1S/C24H23N5O2/c1-3-17-12-8-13-18(4-2)22(17)25-24(30)21(16-20-14-9-15-31-20)29-23(26-27-28-29)19-10-6-5-7-11-19/h5-16H,3-4H2,1-2H3,(H,25,30). The van der Waals surface area contributed by atoms with Crippen molar-refractivity contribution in [3.63, 3.8) is 0 Å². The van der Waals surface area contributed by atoms with E-state index in [-0.39, 0.29) is 11.6 Å². The number of furan rings is 1. The zero-order chi connectivity index (χ0) is 21.6. The zero-order valence-corrected chi connectivity index (χ0v) is 17.4. The summed E-state index contributed by atoms with van der Waals surface area (Å²) < 4.78 is 6.90. The molecule has 0 spiro atoms. The molecule has 0 aliphatic heterocycles. The van der Waals surface area contributed by atoms with Crippen LogP contribution in [0.5, 0.6) is 0 Å². The maximum atomic E-state index is 13.5. The Morgan fingerprint density at radius 3 is 2.39 bits per heavy atom. The van der Waals surface area contributed by atoms with E-state index in [0.29, 0.717) is 11.6 Å². The largest absolute Gasteiger partial charge is 0.465 e. The molecule has 1 amide bonds. The third-order valence-corrected chi connectivity index (χ3v) is 5.02. The molecule has 4 rings (SSSR count). The van der Waals surface area contributed by atoms with E-state index in [1.54, 1.807) is 24.5 Å². The van der Waals surface area contributed by atoms with Gasteiger partial charge in [0.25, 0.3) is 5.91 Å². The fourth-order valence-corrected chi connectivity index (χ4v) is 3.43. The van der Waals surface area contributed by atoms with Crippen molar-refractivity contribution in [3.8, 4) is 11.4 Å². The maximum absolute atomic E-state index is 13.5. The predicted octanol–water partition coefficient (Wildman–Crippen LogP) is 4.69. The minimum Gasteiger partial charge on any atom is -0.465 e.